The van der Waals surface area contributed by atoms with Gasteiger partial charge in [0.15, 0.2) is 0 Å². The number of carbonyl (C=O) groups is 1. The molecular formula is C10H9AsN2O6. The molecule has 0 fully saturated rings. The van der Waals surface area contributed by atoms with E-state index in [-0.39, 0.29) is 4.35 Å². The average molecular weight is 328 g/mol. The van der Waals surface area contributed by atoms with E-state index < -0.39 is 31.6 Å². The van der Waals surface area contributed by atoms with E-state index in [1.165, 1.54) is 24.3 Å². The van der Waals surface area contributed by atoms with Gasteiger partial charge in [0.2, 0.25) is 0 Å². The standard InChI is InChI=1S/C10H9AsN2O6/c14-8-5-13(12-9(8)10(15)16)7-3-1-6(2-4-7)11(17,18)19/h1-5,14H,(H,15,16)(H2,17,18,19). The molecule has 2 rings (SSSR count). The quantitative estimate of drug-likeness (QED) is 0.522. The van der Waals surface area contributed by atoms with Crippen molar-refractivity contribution in [1.29, 1.82) is 0 Å². The maximum atomic E-state index is 11.0. The molecule has 0 radical (unpaired) electrons. The van der Waals surface area contributed by atoms with Gasteiger partial charge in [-0.2, -0.15) is 0 Å². The number of rotatable bonds is 3. The molecule has 0 saturated carbocycles. The van der Waals surface area contributed by atoms with Crippen molar-refractivity contribution < 1.29 is 26.9 Å². The summed E-state index contributed by atoms with van der Waals surface area (Å²) in [5.74, 6) is -1.86. The Hall–Kier alpha value is -2.02. The van der Waals surface area contributed by atoms with Gasteiger partial charge in [0, 0.05) is 0 Å². The molecule has 4 N–H and O–H groups in total. The Morgan fingerprint density at radius 2 is 1.79 bits per heavy atom. The van der Waals surface area contributed by atoms with E-state index in [9.17, 15) is 13.6 Å². The van der Waals surface area contributed by atoms with E-state index in [1.54, 1.807) is 0 Å². The molecule has 0 unspecified atom stereocenters. The fraction of sp³-hybridized carbons (Fsp3) is 0. The van der Waals surface area contributed by atoms with Crippen molar-refractivity contribution in [2.75, 3.05) is 0 Å². The van der Waals surface area contributed by atoms with Gasteiger partial charge in [0.25, 0.3) is 0 Å². The van der Waals surface area contributed by atoms with Gasteiger partial charge < -0.3 is 0 Å². The molecule has 0 aliphatic heterocycles. The van der Waals surface area contributed by atoms with Gasteiger partial charge >= 0.3 is 109 Å². The van der Waals surface area contributed by atoms with Crippen molar-refractivity contribution in [3.05, 3.63) is 36.2 Å². The molecule has 2 aromatic rings. The summed E-state index contributed by atoms with van der Waals surface area (Å²) in [6.07, 6.45) is 1.10. The Kier molecular flexibility index (Phi) is 3.23. The van der Waals surface area contributed by atoms with E-state index in [2.05, 4.69) is 5.10 Å². The first-order chi connectivity index (χ1) is 8.79. The SMILES string of the molecule is O=C(O)c1nn(-c2ccc([As](=O)(O)O)cc2)cc1O. The normalized spacial score (nSPS) is 11.5. The van der Waals surface area contributed by atoms with Crippen LogP contribution in [-0.2, 0) is 3.74 Å². The summed E-state index contributed by atoms with van der Waals surface area (Å²) < 4.78 is 30.1. The molecule has 9 heteroatoms. The summed E-state index contributed by atoms with van der Waals surface area (Å²) >= 11 is -4.94. The Balaban J connectivity index is 2.40. The number of benzene rings is 1. The van der Waals surface area contributed by atoms with Gasteiger partial charge in [0.1, 0.15) is 0 Å². The third-order valence-electron chi connectivity index (χ3n) is 2.35. The van der Waals surface area contributed by atoms with E-state index >= 15 is 0 Å². The molecule has 1 heterocycles. The van der Waals surface area contributed by atoms with Crippen molar-refractivity contribution in [3.8, 4) is 11.4 Å². The number of hydrogen-bond acceptors (Lipinski definition) is 4. The van der Waals surface area contributed by atoms with E-state index in [1.807, 2.05) is 0 Å². The topological polar surface area (TPSA) is 133 Å². The molecule has 1 aromatic heterocycles. The number of aromatic carboxylic acids is 1. The predicted molar refractivity (Wildman–Crippen MR) is 62.7 cm³/mol. The first-order valence-corrected chi connectivity index (χ1v) is 8.36. The molecule has 0 amide bonds. The number of hydrogen-bond donors (Lipinski definition) is 4. The Morgan fingerprint density at radius 1 is 1.21 bits per heavy atom. The zero-order chi connectivity index (χ0) is 14.2. The summed E-state index contributed by atoms with van der Waals surface area (Å²) in [7, 11) is 0. The number of aromatic nitrogens is 2. The molecule has 0 saturated heterocycles. The third-order valence-corrected chi connectivity index (χ3v) is 4.38. The zero-order valence-corrected chi connectivity index (χ0v) is 11.2. The molecule has 1 aromatic carbocycles. The van der Waals surface area contributed by atoms with E-state index in [0.717, 1.165) is 10.9 Å². The van der Waals surface area contributed by atoms with Gasteiger partial charge in [-0.3, -0.25) is 0 Å². The van der Waals surface area contributed by atoms with Crippen LogP contribution in [0.3, 0.4) is 0 Å². The molecule has 19 heavy (non-hydrogen) atoms. The van der Waals surface area contributed by atoms with Crippen LogP contribution in [0.25, 0.3) is 5.69 Å². The summed E-state index contributed by atoms with van der Waals surface area (Å²) in [6, 6.07) is 5.20. The number of nitrogens with zero attached hydrogens (tertiary/aromatic N) is 2. The van der Waals surface area contributed by atoms with Crippen molar-refractivity contribution in [1.82, 2.24) is 9.78 Å². The average Bonchev–Trinajstić information content (AvgIpc) is 2.70. The Labute approximate surface area is 109 Å². The Bertz CT molecular complexity index is 672. The van der Waals surface area contributed by atoms with Crippen LogP contribution < -0.4 is 4.35 Å². The molecule has 0 aliphatic carbocycles. The number of carboxylic acid groups (broad SMARTS) is 1. The van der Waals surface area contributed by atoms with Crippen LogP contribution in [-0.4, -0.2) is 48.3 Å². The van der Waals surface area contributed by atoms with Crippen LogP contribution in [0, 0.1) is 0 Å². The predicted octanol–water partition coefficient (Wildman–Crippen LogP) is -1.16. The molecule has 0 bridgehead atoms. The monoisotopic (exact) mass is 328 g/mol. The Morgan fingerprint density at radius 3 is 2.21 bits per heavy atom. The minimum absolute atomic E-state index is 0.100. The van der Waals surface area contributed by atoms with Crippen molar-refractivity contribution in [3.63, 3.8) is 0 Å². The van der Waals surface area contributed by atoms with Crippen molar-refractivity contribution >= 4 is 24.5 Å². The second-order valence-electron chi connectivity index (χ2n) is 3.67. The summed E-state index contributed by atoms with van der Waals surface area (Å²) in [6.45, 7) is 0. The summed E-state index contributed by atoms with van der Waals surface area (Å²) in [5, 5.41) is 21.8. The number of aromatic hydroxyl groups is 1. The van der Waals surface area contributed by atoms with Crippen molar-refractivity contribution in [2.24, 2.45) is 0 Å². The van der Waals surface area contributed by atoms with Gasteiger partial charge in [-0.05, 0) is 0 Å². The second-order valence-corrected chi connectivity index (χ2v) is 7.04. The van der Waals surface area contributed by atoms with Crippen molar-refractivity contribution in [2.45, 2.75) is 0 Å². The van der Waals surface area contributed by atoms with Crippen LogP contribution in [0.1, 0.15) is 10.5 Å². The summed E-state index contributed by atoms with van der Waals surface area (Å²) in [4.78, 5) is 10.7. The molecule has 0 spiro atoms. The zero-order valence-electron chi connectivity index (χ0n) is 9.33. The van der Waals surface area contributed by atoms with Gasteiger partial charge in [-0.25, -0.2) is 0 Å². The second kappa shape index (κ2) is 4.58. The minimum atomic E-state index is -4.94. The van der Waals surface area contributed by atoms with Crippen LogP contribution in [0.2, 0.25) is 0 Å². The van der Waals surface area contributed by atoms with Crippen LogP contribution in [0.4, 0.5) is 0 Å². The van der Waals surface area contributed by atoms with E-state index in [0.29, 0.717) is 5.69 Å². The van der Waals surface area contributed by atoms with Crippen LogP contribution >= 0.6 is 0 Å². The van der Waals surface area contributed by atoms with E-state index in [4.69, 9.17) is 13.3 Å². The summed E-state index contributed by atoms with van der Waals surface area (Å²) in [5.41, 5.74) is -0.126. The third kappa shape index (κ3) is 2.70. The van der Waals surface area contributed by atoms with Gasteiger partial charge in [-0.15, -0.1) is 0 Å². The van der Waals surface area contributed by atoms with Crippen LogP contribution in [0.15, 0.2) is 30.5 Å². The molecule has 0 aliphatic rings. The molecule has 8 nitrogen and oxygen atoms in total. The maximum absolute atomic E-state index is 11.0. The first kappa shape index (κ1) is 13.4. The fourth-order valence-corrected chi connectivity index (χ4v) is 2.58. The number of carboxylic acids is 1. The first-order valence-electron chi connectivity index (χ1n) is 4.97. The van der Waals surface area contributed by atoms with Gasteiger partial charge in [0.05, 0.1) is 0 Å². The van der Waals surface area contributed by atoms with Gasteiger partial charge in [-0.1, -0.05) is 0 Å². The molecule has 100 valence electrons. The van der Waals surface area contributed by atoms with Crippen LogP contribution in [0.5, 0.6) is 5.75 Å². The molecular weight excluding hydrogens is 319 g/mol. The fourth-order valence-electron chi connectivity index (χ4n) is 1.45. The molecule has 0 atom stereocenters.